The summed E-state index contributed by atoms with van der Waals surface area (Å²) in [6.07, 6.45) is 3.57. The lowest BCUT2D eigenvalue weighted by Crippen LogP contribution is -2.37. The van der Waals surface area contributed by atoms with Crippen LogP contribution in [0, 0.1) is 0 Å². The van der Waals surface area contributed by atoms with Crippen molar-refractivity contribution in [3.63, 3.8) is 0 Å². The first-order valence-corrected chi connectivity index (χ1v) is 15.3. The number of nitrogens with one attached hydrogen (secondary N) is 2. The Kier molecular flexibility index (Phi) is 8.56. The van der Waals surface area contributed by atoms with Gasteiger partial charge in [-0.1, -0.05) is 72.8 Å². The van der Waals surface area contributed by atoms with Crippen molar-refractivity contribution in [2.24, 2.45) is 0 Å². The maximum atomic E-state index is 13.2. The molecule has 1 atom stereocenters. The number of carbonyl (C=O) groups excluding carboxylic acids is 1. The SMILES string of the molecule is COc1ccc(Cn2c(CCc3c[nH]c4ccccc34)nnc2[C@@H](Cc2ccc3ccccc3c2)NC(=O)OC(C)(C)C)cc1. The molecule has 0 saturated heterocycles. The van der Waals surface area contributed by atoms with Crippen molar-refractivity contribution < 1.29 is 14.3 Å². The van der Waals surface area contributed by atoms with Crippen molar-refractivity contribution in [2.45, 2.75) is 58.2 Å². The van der Waals surface area contributed by atoms with Gasteiger partial charge in [-0.05, 0) is 72.9 Å². The fourth-order valence-electron chi connectivity index (χ4n) is 5.72. The third-order valence-corrected chi connectivity index (χ3v) is 7.90. The summed E-state index contributed by atoms with van der Waals surface area (Å²) in [7, 11) is 1.66. The van der Waals surface area contributed by atoms with Crippen LogP contribution in [0.3, 0.4) is 0 Å². The Morgan fingerprint density at radius 3 is 2.40 bits per heavy atom. The van der Waals surface area contributed by atoms with Crippen LogP contribution >= 0.6 is 0 Å². The summed E-state index contributed by atoms with van der Waals surface area (Å²) in [5.41, 5.74) is 3.86. The highest BCUT2D eigenvalue weighted by Crippen LogP contribution is 2.25. The van der Waals surface area contributed by atoms with Crippen molar-refractivity contribution in [3.05, 3.63) is 126 Å². The van der Waals surface area contributed by atoms with E-state index < -0.39 is 17.7 Å². The lowest BCUT2D eigenvalue weighted by atomic mass is 10.0. The second-order valence-electron chi connectivity index (χ2n) is 12.4. The lowest BCUT2D eigenvalue weighted by Gasteiger charge is -2.24. The van der Waals surface area contributed by atoms with E-state index in [9.17, 15) is 4.79 Å². The van der Waals surface area contributed by atoms with Gasteiger partial charge in [0.15, 0.2) is 5.82 Å². The van der Waals surface area contributed by atoms with Gasteiger partial charge in [-0.15, -0.1) is 10.2 Å². The average Bonchev–Trinajstić information content (AvgIpc) is 3.63. The smallest absolute Gasteiger partial charge is 0.408 e. The number of alkyl carbamates (subject to hydrolysis) is 1. The van der Waals surface area contributed by atoms with E-state index in [1.165, 1.54) is 16.3 Å². The van der Waals surface area contributed by atoms with Gasteiger partial charge in [-0.25, -0.2) is 4.79 Å². The van der Waals surface area contributed by atoms with Crippen molar-refractivity contribution in [1.29, 1.82) is 0 Å². The summed E-state index contributed by atoms with van der Waals surface area (Å²) >= 11 is 0. The molecule has 0 saturated carbocycles. The number of hydrogen-bond acceptors (Lipinski definition) is 5. The quantitative estimate of drug-likeness (QED) is 0.169. The van der Waals surface area contributed by atoms with E-state index in [1.54, 1.807) is 7.11 Å². The molecule has 230 valence electrons. The number of carbonyl (C=O) groups is 1. The standard InChI is InChI=1S/C37H39N5O3/c1-37(2,3)45-36(43)39-33(22-26-13-16-27-9-5-6-10-28(27)21-26)35-41-40-34(42(35)24-25-14-18-30(44-4)19-15-25)20-17-29-23-38-32-12-8-7-11-31(29)32/h5-16,18-19,21,23,33,38H,17,20,22,24H2,1-4H3,(H,39,43)/t33-/m1/s1. The molecular weight excluding hydrogens is 562 g/mol. The van der Waals surface area contributed by atoms with Crippen LogP contribution in [0.4, 0.5) is 4.79 Å². The van der Waals surface area contributed by atoms with Crippen LogP contribution in [-0.4, -0.2) is 38.6 Å². The molecule has 6 rings (SSSR count). The number of aromatic nitrogens is 4. The van der Waals surface area contributed by atoms with Crippen LogP contribution in [0.5, 0.6) is 5.75 Å². The molecule has 0 bridgehead atoms. The summed E-state index contributed by atoms with van der Waals surface area (Å²) in [4.78, 5) is 16.6. The van der Waals surface area contributed by atoms with Crippen molar-refractivity contribution in [1.82, 2.24) is 25.1 Å². The number of methoxy groups -OCH3 is 1. The molecule has 0 unspecified atom stereocenters. The molecule has 2 N–H and O–H groups in total. The van der Waals surface area contributed by atoms with E-state index in [1.807, 2.05) is 63.2 Å². The van der Waals surface area contributed by atoms with Crippen molar-refractivity contribution in [3.8, 4) is 5.75 Å². The number of ether oxygens (including phenoxy) is 2. The Balaban J connectivity index is 1.36. The van der Waals surface area contributed by atoms with Gasteiger partial charge in [0.05, 0.1) is 19.7 Å². The Morgan fingerprint density at radius 2 is 1.62 bits per heavy atom. The number of H-pyrrole nitrogens is 1. The maximum Gasteiger partial charge on any atom is 0.408 e. The summed E-state index contributed by atoms with van der Waals surface area (Å²) in [6.45, 7) is 6.12. The Bertz CT molecular complexity index is 1920. The zero-order chi connectivity index (χ0) is 31.4. The van der Waals surface area contributed by atoms with E-state index in [-0.39, 0.29) is 0 Å². The largest absolute Gasteiger partial charge is 0.497 e. The predicted octanol–water partition coefficient (Wildman–Crippen LogP) is 7.56. The fraction of sp³-hybridized carbons (Fsp3) is 0.270. The van der Waals surface area contributed by atoms with Crippen LogP contribution in [0.1, 0.15) is 55.2 Å². The van der Waals surface area contributed by atoms with Crippen molar-refractivity contribution in [2.75, 3.05) is 7.11 Å². The van der Waals surface area contributed by atoms with Gasteiger partial charge in [0, 0.05) is 29.9 Å². The Morgan fingerprint density at radius 1 is 0.889 bits per heavy atom. The number of nitrogens with zero attached hydrogens (tertiary/aromatic N) is 3. The zero-order valence-corrected chi connectivity index (χ0v) is 26.2. The van der Waals surface area contributed by atoms with Gasteiger partial charge in [-0.2, -0.15) is 0 Å². The summed E-state index contributed by atoms with van der Waals surface area (Å²) in [5, 5.41) is 16.1. The third kappa shape index (κ3) is 7.17. The highest BCUT2D eigenvalue weighted by Gasteiger charge is 2.26. The molecular formula is C37H39N5O3. The van der Waals surface area contributed by atoms with Gasteiger partial charge >= 0.3 is 6.09 Å². The average molecular weight is 602 g/mol. The number of benzene rings is 4. The second-order valence-corrected chi connectivity index (χ2v) is 12.4. The van der Waals surface area contributed by atoms with E-state index in [0.717, 1.165) is 40.0 Å². The van der Waals surface area contributed by atoms with Crippen LogP contribution in [0.15, 0.2) is 97.2 Å². The van der Waals surface area contributed by atoms with E-state index in [4.69, 9.17) is 19.7 Å². The number of aromatic amines is 1. The first kappa shape index (κ1) is 29.9. The van der Waals surface area contributed by atoms with E-state index in [0.29, 0.717) is 25.2 Å². The lowest BCUT2D eigenvalue weighted by molar-refractivity contribution is 0.0500. The minimum Gasteiger partial charge on any atom is -0.497 e. The minimum absolute atomic E-state index is 0.478. The summed E-state index contributed by atoms with van der Waals surface area (Å²) in [6, 6.07) is 30.5. The monoisotopic (exact) mass is 601 g/mol. The van der Waals surface area contributed by atoms with Gasteiger partial charge in [-0.3, -0.25) is 0 Å². The fourth-order valence-corrected chi connectivity index (χ4v) is 5.72. The molecule has 0 aliphatic heterocycles. The van der Waals surface area contributed by atoms with E-state index in [2.05, 4.69) is 69.6 Å². The molecule has 45 heavy (non-hydrogen) atoms. The molecule has 2 aromatic heterocycles. The molecule has 0 radical (unpaired) electrons. The number of fused-ring (bicyclic) bond motifs is 2. The molecule has 8 nitrogen and oxygen atoms in total. The number of aryl methyl sites for hydroxylation is 2. The number of para-hydroxylation sites is 1. The Hall–Kier alpha value is -5.11. The molecule has 0 spiro atoms. The molecule has 6 aromatic rings. The van der Waals surface area contributed by atoms with Crippen LogP contribution in [0.2, 0.25) is 0 Å². The van der Waals surface area contributed by atoms with Gasteiger partial charge < -0.3 is 24.3 Å². The van der Waals surface area contributed by atoms with Gasteiger partial charge in [0.1, 0.15) is 17.2 Å². The first-order chi connectivity index (χ1) is 21.8. The molecule has 8 heteroatoms. The second kappa shape index (κ2) is 12.9. The molecule has 0 aliphatic carbocycles. The Labute approximate surface area is 263 Å². The molecule has 2 heterocycles. The third-order valence-electron chi connectivity index (χ3n) is 7.90. The molecule has 4 aromatic carbocycles. The number of amides is 1. The molecule has 0 aliphatic rings. The topological polar surface area (TPSA) is 94.1 Å². The van der Waals surface area contributed by atoms with Gasteiger partial charge in [0.25, 0.3) is 0 Å². The minimum atomic E-state index is -0.640. The predicted molar refractivity (Wildman–Crippen MR) is 178 cm³/mol. The van der Waals surface area contributed by atoms with E-state index >= 15 is 0 Å². The number of hydrogen-bond donors (Lipinski definition) is 2. The molecule has 1 amide bonds. The highest BCUT2D eigenvalue weighted by molar-refractivity contribution is 5.83. The zero-order valence-electron chi connectivity index (χ0n) is 26.2. The molecule has 0 fully saturated rings. The van der Waals surface area contributed by atoms with Gasteiger partial charge in [0.2, 0.25) is 0 Å². The van der Waals surface area contributed by atoms with Crippen LogP contribution in [-0.2, 0) is 30.5 Å². The highest BCUT2D eigenvalue weighted by atomic mass is 16.6. The normalized spacial score (nSPS) is 12.4. The van der Waals surface area contributed by atoms with Crippen LogP contribution in [0.25, 0.3) is 21.7 Å². The first-order valence-electron chi connectivity index (χ1n) is 15.3. The van der Waals surface area contributed by atoms with Crippen molar-refractivity contribution >= 4 is 27.8 Å². The number of rotatable bonds is 10. The van der Waals surface area contributed by atoms with Crippen LogP contribution < -0.4 is 10.1 Å². The maximum absolute atomic E-state index is 13.2. The summed E-state index contributed by atoms with van der Waals surface area (Å²) in [5.74, 6) is 2.32. The summed E-state index contributed by atoms with van der Waals surface area (Å²) < 4.78 is 13.2.